The highest BCUT2D eigenvalue weighted by Crippen LogP contribution is 2.25. The molecule has 22 heavy (non-hydrogen) atoms. The van der Waals surface area contributed by atoms with Crippen LogP contribution in [0.4, 0.5) is 0 Å². The Morgan fingerprint density at radius 2 is 2.05 bits per heavy atom. The highest BCUT2D eigenvalue weighted by atomic mass is 35.5. The van der Waals surface area contributed by atoms with Crippen LogP contribution in [0, 0.1) is 0 Å². The summed E-state index contributed by atoms with van der Waals surface area (Å²) in [5, 5.41) is 0.522. The number of piperidine rings is 1. The minimum Gasteiger partial charge on any atom is -0.489 e. The van der Waals surface area contributed by atoms with Gasteiger partial charge in [-0.3, -0.25) is 9.78 Å². The fourth-order valence-electron chi connectivity index (χ4n) is 2.59. The number of likely N-dealkylation sites (tertiary alicyclic amines) is 1. The minimum absolute atomic E-state index is 0.0931. The molecule has 1 saturated heterocycles. The Morgan fingerprint density at radius 1 is 1.32 bits per heavy atom. The van der Waals surface area contributed by atoms with E-state index in [9.17, 15) is 4.79 Å². The van der Waals surface area contributed by atoms with Gasteiger partial charge >= 0.3 is 0 Å². The molecule has 0 radical (unpaired) electrons. The lowest BCUT2D eigenvalue weighted by Gasteiger charge is -2.32. The normalized spacial score (nSPS) is 15.8. The van der Waals surface area contributed by atoms with Gasteiger partial charge in [-0.15, -0.1) is 0 Å². The number of aromatic nitrogens is 2. The van der Waals surface area contributed by atoms with E-state index in [1.165, 1.54) is 0 Å². The maximum absolute atomic E-state index is 12.2. The van der Waals surface area contributed by atoms with Crippen molar-refractivity contribution in [2.45, 2.75) is 25.5 Å². The second kappa shape index (κ2) is 6.83. The maximum atomic E-state index is 12.2. The Hall–Kier alpha value is -2.01. The fourth-order valence-corrected chi connectivity index (χ4v) is 2.76. The maximum Gasteiger partial charge on any atom is 0.242 e. The number of carbonyl (C=O) groups excluding carboxylic acids is 1. The Labute approximate surface area is 134 Å². The largest absolute Gasteiger partial charge is 0.489 e. The molecule has 0 N–H and O–H groups in total. The lowest BCUT2D eigenvalue weighted by molar-refractivity contribution is -0.133. The van der Waals surface area contributed by atoms with Crippen molar-refractivity contribution < 1.29 is 9.53 Å². The summed E-state index contributed by atoms with van der Waals surface area (Å²) < 4.78 is 7.80. The van der Waals surface area contributed by atoms with Crippen LogP contribution in [0.5, 0.6) is 5.75 Å². The number of hydrogen-bond acceptors (Lipinski definition) is 3. The minimum atomic E-state index is 0.0931. The summed E-state index contributed by atoms with van der Waals surface area (Å²) >= 11 is 6.05. The molecular weight excluding hydrogens is 302 g/mol. The van der Waals surface area contributed by atoms with Crippen molar-refractivity contribution in [3.05, 3.63) is 48.0 Å². The molecule has 0 aliphatic carbocycles. The SMILES string of the molecule is O=C(Cn1cccc1)N1CCC(Oc2ccncc2Cl)CC1. The van der Waals surface area contributed by atoms with Crippen LogP contribution in [0.2, 0.25) is 5.02 Å². The second-order valence-electron chi connectivity index (χ2n) is 5.36. The number of rotatable bonds is 4. The molecule has 3 heterocycles. The first-order chi connectivity index (χ1) is 10.7. The first-order valence-corrected chi connectivity index (χ1v) is 7.75. The Bertz CT molecular complexity index is 622. The fraction of sp³-hybridized carbons (Fsp3) is 0.375. The average molecular weight is 320 g/mol. The molecular formula is C16H18ClN3O2. The van der Waals surface area contributed by atoms with Gasteiger partial charge in [0.15, 0.2) is 0 Å². The summed E-state index contributed by atoms with van der Waals surface area (Å²) in [6.45, 7) is 1.83. The number of pyridine rings is 1. The van der Waals surface area contributed by atoms with Crippen molar-refractivity contribution in [1.82, 2.24) is 14.5 Å². The Balaban J connectivity index is 1.50. The molecule has 5 nitrogen and oxygen atoms in total. The van der Waals surface area contributed by atoms with Gasteiger partial charge in [-0.2, -0.15) is 0 Å². The quantitative estimate of drug-likeness (QED) is 0.870. The van der Waals surface area contributed by atoms with Gasteiger partial charge in [0.25, 0.3) is 0 Å². The molecule has 0 bridgehead atoms. The summed E-state index contributed by atoms with van der Waals surface area (Å²) in [7, 11) is 0. The number of ether oxygens (including phenoxy) is 1. The predicted molar refractivity (Wildman–Crippen MR) is 83.9 cm³/mol. The van der Waals surface area contributed by atoms with E-state index in [-0.39, 0.29) is 12.0 Å². The van der Waals surface area contributed by atoms with Crippen molar-refractivity contribution in [3.8, 4) is 5.75 Å². The van der Waals surface area contributed by atoms with Gasteiger partial charge in [-0.25, -0.2) is 0 Å². The standard InChI is InChI=1S/C16H18ClN3O2/c17-14-11-18-6-3-15(14)22-13-4-9-20(10-5-13)16(21)12-19-7-1-2-8-19/h1-3,6-8,11,13H,4-5,9-10,12H2. The first kappa shape index (κ1) is 14.9. The van der Waals surface area contributed by atoms with Gasteiger partial charge in [0.1, 0.15) is 23.4 Å². The molecule has 0 spiro atoms. The Morgan fingerprint density at radius 3 is 2.73 bits per heavy atom. The average Bonchev–Trinajstić information content (AvgIpc) is 3.03. The van der Waals surface area contributed by atoms with E-state index in [4.69, 9.17) is 16.3 Å². The van der Waals surface area contributed by atoms with Crippen LogP contribution >= 0.6 is 11.6 Å². The van der Waals surface area contributed by atoms with Gasteiger partial charge < -0.3 is 14.2 Å². The monoisotopic (exact) mass is 319 g/mol. The van der Waals surface area contributed by atoms with Crippen molar-refractivity contribution in [2.75, 3.05) is 13.1 Å². The number of nitrogens with zero attached hydrogens (tertiary/aromatic N) is 3. The highest BCUT2D eigenvalue weighted by molar-refractivity contribution is 6.31. The second-order valence-corrected chi connectivity index (χ2v) is 5.77. The third-order valence-corrected chi connectivity index (χ3v) is 4.09. The summed E-state index contributed by atoms with van der Waals surface area (Å²) in [6, 6.07) is 5.61. The van der Waals surface area contributed by atoms with Crippen molar-refractivity contribution >= 4 is 17.5 Å². The molecule has 6 heteroatoms. The van der Waals surface area contributed by atoms with Crippen LogP contribution in [-0.4, -0.2) is 39.6 Å². The molecule has 0 unspecified atom stereocenters. The molecule has 2 aromatic heterocycles. The Kier molecular flexibility index (Phi) is 4.63. The number of halogens is 1. The molecule has 0 saturated carbocycles. The third-order valence-electron chi connectivity index (χ3n) is 3.81. The van der Waals surface area contributed by atoms with Crippen LogP contribution in [0.25, 0.3) is 0 Å². The van der Waals surface area contributed by atoms with E-state index in [1.807, 2.05) is 34.0 Å². The number of carbonyl (C=O) groups is 1. The first-order valence-electron chi connectivity index (χ1n) is 7.37. The highest BCUT2D eigenvalue weighted by Gasteiger charge is 2.24. The molecule has 2 aromatic rings. The third kappa shape index (κ3) is 3.60. The molecule has 1 aliphatic rings. The lowest BCUT2D eigenvalue weighted by atomic mass is 10.1. The van der Waals surface area contributed by atoms with Gasteiger partial charge in [0, 0.05) is 56.8 Å². The zero-order valence-electron chi connectivity index (χ0n) is 12.2. The molecule has 0 atom stereocenters. The van der Waals surface area contributed by atoms with E-state index >= 15 is 0 Å². The number of amides is 1. The molecule has 1 amide bonds. The van der Waals surface area contributed by atoms with Crippen LogP contribution in [0.3, 0.4) is 0 Å². The topological polar surface area (TPSA) is 47.4 Å². The van der Waals surface area contributed by atoms with E-state index < -0.39 is 0 Å². The van der Waals surface area contributed by atoms with Crippen molar-refractivity contribution in [1.29, 1.82) is 0 Å². The molecule has 1 aliphatic heterocycles. The summed E-state index contributed by atoms with van der Waals surface area (Å²) in [5.41, 5.74) is 0. The zero-order valence-corrected chi connectivity index (χ0v) is 12.9. The molecule has 0 aromatic carbocycles. The summed E-state index contributed by atoms with van der Waals surface area (Å²) in [4.78, 5) is 18.1. The predicted octanol–water partition coefficient (Wildman–Crippen LogP) is 2.61. The van der Waals surface area contributed by atoms with Gasteiger partial charge in [0.05, 0.1) is 0 Å². The van der Waals surface area contributed by atoms with Crippen molar-refractivity contribution in [2.24, 2.45) is 0 Å². The summed E-state index contributed by atoms with van der Waals surface area (Å²) in [6.07, 6.45) is 8.77. The van der Waals surface area contributed by atoms with Crippen molar-refractivity contribution in [3.63, 3.8) is 0 Å². The molecule has 1 fully saturated rings. The van der Waals surface area contributed by atoms with Crippen LogP contribution in [-0.2, 0) is 11.3 Å². The zero-order chi connectivity index (χ0) is 15.4. The van der Waals surface area contributed by atoms with E-state index in [2.05, 4.69) is 4.98 Å². The van der Waals surface area contributed by atoms with E-state index in [0.29, 0.717) is 30.4 Å². The molecule has 3 rings (SSSR count). The van der Waals surface area contributed by atoms with Gasteiger partial charge in [-0.05, 0) is 12.1 Å². The van der Waals surface area contributed by atoms with Crippen LogP contribution in [0.15, 0.2) is 43.0 Å². The lowest BCUT2D eigenvalue weighted by Crippen LogP contribution is -2.43. The molecule has 116 valence electrons. The van der Waals surface area contributed by atoms with Crippen LogP contribution < -0.4 is 4.74 Å². The van der Waals surface area contributed by atoms with Gasteiger partial charge in [0.2, 0.25) is 5.91 Å². The summed E-state index contributed by atoms with van der Waals surface area (Å²) in [5.74, 6) is 0.811. The number of hydrogen-bond donors (Lipinski definition) is 0. The smallest absolute Gasteiger partial charge is 0.242 e. The van der Waals surface area contributed by atoms with Crippen LogP contribution in [0.1, 0.15) is 12.8 Å². The van der Waals surface area contributed by atoms with E-state index in [0.717, 1.165) is 12.8 Å². The van der Waals surface area contributed by atoms with E-state index in [1.54, 1.807) is 18.5 Å². The van der Waals surface area contributed by atoms with Gasteiger partial charge in [-0.1, -0.05) is 11.6 Å².